The average Bonchev–Trinajstić information content (AvgIpc) is 3.04. The molecule has 1 amide bonds. The van der Waals surface area contributed by atoms with Crippen LogP contribution in [0.25, 0.3) is 11.3 Å². The molecular formula is C21H19N3OS. The first-order valence-electron chi connectivity index (χ1n) is 8.92. The van der Waals surface area contributed by atoms with Gasteiger partial charge >= 0.3 is 0 Å². The van der Waals surface area contributed by atoms with E-state index >= 15 is 0 Å². The highest BCUT2D eigenvalue weighted by atomic mass is 32.2. The molecular weight excluding hydrogens is 342 g/mol. The average molecular weight is 361 g/mol. The second-order valence-corrected chi connectivity index (χ2v) is 7.79. The van der Waals surface area contributed by atoms with Gasteiger partial charge in [-0.25, -0.2) is 0 Å². The molecule has 5 heteroatoms. The first kappa shape index (κ1) is 15.7. The third-order valence-electron chi connectivity index (χ3n) is 5.22. The van der Waals surface area contributed by atoms with Gasteiger partial charge in [-0.05, 0) is 30.5 Å². The summed E-state index contributed by atoms with van der Waals surface area (Å²) in [6, 6.07) is 16.6. The number of aryl methyl sites for hydroxylation is 2. The number of carbonyl (C=O) groups excluding carboxylic acids is 1. The van der Waals surface area contributed by atoms with E-state index in [2.05, 4.69) is 29.4 Å². The normalized spacial score (nSPS) is 15.2. The molecule has 0 saturated heterocycles. The fraction of sp³-hybridized carbons (Fsp3) is 0.238. The van der Waals surface area contributed by atoms with Crippen molar-refractivity contribution in [1.82, 2.24) is 9.78 Å². The molecule has 26 heavy (non-hydrogen) atoms. The van der Waals surface area contributed by atoms with Gasteiger partial charge in [0.2, 0.25) is 0 Å². The van der Waals surface area contributed by atoms with Crippen molar-refractivity contribution < 1.29 is 4.79 Å². The zero-order chi connectivity index (χ0) is 17.7. The van der Waals surface area contributed by atoms with E-state index in [-0.39, 0.29) is 5.91 Å². The number of fused-ring (bicyclic) bond motifs is 4. The smallest absolute Gasteiger partial charge is 0.279 e. The van der Waals surface area contributed by atoms with Crippen LogP contribution < -0.4 is 4.90 Å². The van der Waals surface area contributed by atoms with Gasteiger partial charge in [-0.2, -0.15) is 5.10 Å². The minimum atomic E-state index is 0.0222. The van der Waals surface area contributed by atoms with Crippen molar-refractivity contribution in [1.29, 1.82) is 0 Å². The second-order valence-electron chi connectivity index (χ2n) is 6.77. The van der Waals surface area contributed by atoms with Crippen molar-refractivity contribution in [2.24, 2.45) is 7.05 Å². The first-order valence-corrected chi connectivity index (χ1v) is 9.90. The number of nitrogens with zero attached hydrogens (tertiary/aromatic N) is 3. The van der Waals surface area contributed by atoms with Crippen LogP contribution in [0.3, 0.4) is 0 Å². The quantitative estimate of drug-likeness (QED) is 0.649. The van der Waals surface area contributed by atoms with Crippen LogP contribution in [-0.4, -0.2) is 22.2 Å². The molecule has 5 rings (SSSR count). The van der Waals surface area contributed by atoms with Crippen LogP contribution in [0.1, 0.15) is 28.0 Å². The molecule has 0 N–H and O–H groups in total. The molecule has 0 unspecified atom stereocenters. The number of hydrogen-bond donors (Lipinski definition) is 0. The molecule has 0 atom stereocenters. The summed E-state index contributed by atoms with van der Waals surface area (Å²) in [5.41, 5.74) is 6.19. The number of thioether (sulfide) groups is 1. The van der Waals surface area contributed by atoms with Crippen molar-refractivity contribution in [3.05, 3.63) is 65.4 Å². The summed E-state index contributed by atoms with van der Waals surface area (Å²) in [7, 11) is 1.94. The molecule has 3 heterocycles. The van der Waals surface area contributed by atoms with Gasteiger partial charge < -0.3 is 4.90 Å². The van der Waals surface area contributed by atoms with Gasteiger partial charge in [-0.3, -0.25) is 9.48 Å². The van der Waals surface area contributed by atoms with Crippen LogP contribution in [0, 0.1) is 0 Å². The number of amides is 1. The topological polar surface area (TPSA) is 38.1 Å². The monoisotopic (exact) mass is 361 g/mol. The predicted octanol–water partition coefficient (Wildman–Crippen LogP) is 4.29. The van der Waals surface area contributed by atoms with Crippen molar-refractivity contribution in [3.8, 4) is 11.3 Å². The van der Waals surface area contributed by atoms with E-state index in [0.29, 0.717) is 5.69 Å². The maximum Gasteiger partial charge on any atom is 0.279 e. The minimum Gasteiger partial charge on any atom is -0.307 e. The lowest BCUT2D eigenvalue weighted by Crippen LogP contribution is -2.36. The molecule has 0 saturated carbocycles. The lowest BCUT2D eigenvalue weighted by Gasteiger charge is -2.29. The number of hydrogen-bond acceptors (Lipinski definition) is 3. The largest absolute Gasteiger partial charge is 0.307 e. The molecule has 0 fully saturated rings. The number of aromatic nitrogens is 2. The Balaban J connectivity index is 1.61. The van der Waals surface area contributed by atoms with E-state index in [9.17, 15) is 4.79 Å². The Morgan fingerprint density at radius 1 is 1.12 bits per heavy atom. The van der Waals surface area contributed by atoms with Gasteiger partial charge in [0.15, 0.2) is 5.69 Å². The Morgan fingerprint density at radius 2 is 1.92 bits per heavy atom. The van der Waals surface area contributed by atoms with Crippen LogP contribution in [0.5, 0.6) is 0 Å². The fourth-order valence-corrected chi connectivity index (χ4v) is 5.09. The summed E-state index contributed by atoms with van der Waals surface area (Å²) in [4.78, 5) is 16.6. The van der Waals surface area contributed by atoms with E-state index < -0.39 is 0 Å². The molecule has 0 radical (unpaired) electrons. The highest BCUT2D eigenvalue weighted by Gasteiger charge is 2.31. The first-order chi connectivity index (χ1) is 12.7. The lowest BCUT2D eigenvalue weighted by atomic mass is 10.0. The zero-order valence-corrected chi connectivity index (χ0v) is 15.4. The summed E-state index contributed by atoms with van der Waals surface area (Å²) in [6.07, 6.45) is 2.03. The van der Waals surface area contributed by atoms with Crippen LogP contribution in [0.15, 0.2) is 53.4 Å². The maximum atomic E-state index is 13.4. The van der Waals surface area contributed by atoms with Crippen molar-refractivity contribution >= 4 is 23.4 Å². The molecule has 2 aliphatic rings. The third-order valence-corrected chi connectivity index (χ3v) is 6.32. The number of benzene rings is 2. The molecule has 2 aliphatic heterocycles. The molecule has 0 aliphatic carbocycles. The zero-order valence-electron chi connectivity index (χ0n) is 14.6. The van der Waals surface area contributed by atoms with E-state index in [1.807, 2.05) is 40.9 Å². The number of rotatable bonds is 1. The Hall–Kier alpha value is -2.53. The van der Waals surface area contributed by atoms with Gasteiger partial charge in [0.1, 0.15) is 0 Å². The SMILES string of the molecule is Cn1nc(C(=O)N2CCCc3ccccc32)c2c1-c1ccccc1SC2. The predicted molar refractivity (Wildman–Crippen MR) is 105 cm³/mol. The van der Waals surface area contributed by atoms with Crippen molar-refractivity contribution in [3.63, 3.8) is 0 Å². The highest BCUT2D eigenvalue weighted by molar-refractivity contribution is 7.98. The molecule has 130 valence electrons. The van der Waals surface area contributed by atoms with Crippen LogP contribution >= 0.6 is 11.8 Å². The van der Waals surface area contributed by atoms with Gasteiger partial charge in [-0.1, -0.05) is 36.4 Å². The molecule has 2 aromatic carbocycles. The summed E-state index contributed by atoms with van der Waals surface area (Å²) in [5.74, 6) is 0.811. The summed E-state index contributed by atoms with van der Waals surface area (Å²) >= 11 is 1.78. The third kappa shape index (κ3) is 2.31. The Kier molecular flexibility index (Phi) is 3.64. The Morgan fingerprint density at radius 3 is 2.85 bits per heavy atom. The molecule has 1 aromatic heterocycles. The van der Waals surface area contributed by atoms with E-state index in [1.54, 1.807) is 11.8 Å². The van der Waals surface area contributed by atoms with Crippen LogP contribution in [0.4, 0.5) is 5.69 Å². The number of para-hydroxylation sites is 1. The number of carbonyl (C=O) groups is 1. The summed E-state index contributed by atoms with van der Waals surface area (Å²) in [5, 5.41) is 4.65. The summed E-state index contributed by atoms with van der Waals surface area (Å²) in [6.45, 7) is 0.755. The van der Waals surface area contributed by atoms with E-state index in [1.165, 1.54) is 16.0 Å². The summed E-state index contributed by atoms with van der Waals surface area (Å²) < 4.78 is 1.87. The van der Waals surface area contributed by atoms with Gasteiger partial charge in [0, 0.05) is 41.1 Å². The number of anilines is 1. The van der Waals surface area contributed by atoms with Gasteiger partial charge in [0.05, 0.1) is 5.69 Å². The van der Waals surface area contributed by atoms with Gasteiger partial charge in [-0.15, -0.1) is 11.8 Å². The second kappa shape index (κ2) is 6.02. The van der Waals surface area contributed by atoms with E-state index in [4.69, 9.17) is 0 Å². The molecule has 0 spiro atoms. The maximum absolute atomic E-state index is 13.4. The van der Waals surface area contributed by atoms with Crippen LogP contribution in [-0.2, 0) is 19.2 Å². The molecule has 4 nitrogen and oxygen atoms in total. The van der Waals surface area contributed by atoms with Crippen molar-refractivity contribution in [2.75, 3.05) is 11.4 Å². The van der Waals surface area contributed by atoms with Crippen LogP contribution in [0.2, 0.25) is 0 Å². The Labute approximate surface area is 156 Å². The standard InChI is InChI=1S/C21H19N3OS/c1-23-20-15-9-3-5-11-18(15)26-13-16(20)19(22-23)21(25)24-12-6-8-14-7-2-4-10-17(14)24/h2-5,7,9-11H,6,8,12-13H2,1H3. The Bertz CT molecular complexity index is 1020. The minimum absolute atomic E-state index is 0.0222. The molecule has 3 aromatic rings. The molecule has 0 bridgehead atoms. The van der Waals surface area contributed by atoms with Crippen molar-refractivity contribution in [2.45, 2.75) is 23.5 Å². The van der Waals surface area contributed by atoms with Gasteiger partial charge in [0.25, 0.3) is 5.91 Å². The van der Waals surface area contributed by atoms with E-state index in [0.717, 1.165) is 42.1 Å². The highest BCUT2D eigenvalue weighted by Crippen LogP contribution is 2.43. The fourth-order valence-electron chi connectivity index (χ4n) is 4.02. The lowest BCUT2D eigenvalue weighted by molar-refractivity contribution is 0.0979.